The molecule has 264 valence electrons. The fourth-order valence-corrected chi connectivity index (χ4v) is 11.4. The first-order chi connectivity index (χ1) is 22.4. The molecule has 2 saturated carbocycles. The number of rotatable bonds is 6. The lowest BCUT2D eigenvalue weighted by Gasteiger charge is -2.62. The lowest BCUT2D eigenvalue weighted by molar-refractivity contribution is -0.573. The number of carbonyl (C=O) groups excluding carboxylic acids is 1. The normalized spacial score (nSPS) is 55.1. The van der Waals surface area contributed by atoms with Crippen molar-refractivity contribution in [2.24, 2.45) is 47.3 Å². The third-order valence-corrected chi connectivity index (χ3v) is 13.9. The highest BCUT2D eigenvalue weighted by atomic mass is 17.3. The van der Waals surface area contributed by atoms with Crippen LogP contribution in [0.25, 0.3) is 0 Å². The molecule has 0 aromatic carbocycles. The van der Waals surface area contributed by atoms with E-state index in [1.165, 1.54) is 6.08 Å². The summed E-state index contributed by atoms with van der Waals surface area (Å²) < 4.78 is 38.8. The third kappa shape index (κ3) is 4.92. The van der Waals surface area contributed by atoms with Gasteiger partial charge in [0.25, 0.3) is 0 Å². The van der Waals surface area contributed by atoms with E-state index < -0.39 is 53.7 Å². The molecule has 47 heavy (non-hydrogen) atoms. The van der Waals surface area contributed by atoms with E-state index in [1.807, 2.05) is 13.8 Å². The van der Waals surface area contributed by atoms with Crippen LogP contribution in [-0.4, -0.2) is 66.4 Å². The maximum Gasteiger partial charge on any atom is 0.508 e. The summed E-state index contributed by atoms with van der Waals surface area (Å²) >= 11 is 0. The van der Waals surface area contributed by atoms with Gasteiger partial charge >= 0.3 is 6.16 Å². The van der Waals surface area contributed by atoms with E-state index >= 15 is 0 Å². The van der Waals surface area contributed by atoms with Gasteiger partial charge in [0.2, 0.25) is 11.6 Å². The Labute approximate surface area is 278 Å². The van der Waals surface area contributed by atoms with E-state index in [2.05, 4.69) is 34.3 Å². The Bertz CT molecular complexity index is 1230. The average molecular weight is 663 g/mol. The largest absolute Gasteiger partial charge is 0.508 e. The van der Waals surface area contributed by atoms with Crippen LogP contribution in [0.5, 0.6) is 0 Å². The van der Waals surface area contributed by atoms with Crippen molar-refractivity contribution in [2.75, 3.05) is 6.61 Å². The maximum absolute atomic E-state index is 13.2. The van der Waals surface area contributed by atoms with Crippen LogP contribution in [0.4, 0.5) is 4.79 Å². The summed E-state index contributed by atoms with van der Waals surface area (Å²) in [5.74, 6) is -0.0506. The highest BCUT2D eigenvalue weighted by Gasteiger charge is 2.72. The van der Waals surface area contributed by atoms with Gasteiger partial charge < -0.3 is 28.4 Å². The second-order valence-corrected chi connectivity index (χ2v) is 16.6. The third-order valence-electron chi connectivity index (χ3n) is 13.9. The van der Waals surface area contributed by atoms with Crippen LogP contribution < -0.4 is 0 Å². The maximum atomic E-state index is 13.2. The second kappa shape index (κ2) is 11.6. The van der Waals surface area contributed by atoms with E-state index in [1.54, 1.807) is 0 Å². The molecule has 2 spiro atoms. The quantitative estimate of drug-likeness (QED) is 0.175. The Morgan fingerprint density at radius 2 is 1.32 bits per heavy atom. The van der Waals surface area contributed by atoms with E-state index in [9.17, 15) is 4.79 Å². The molecule has 0 aromatic rings. The fourth-order valence-electron chi connectivity index (χ4n) is 11.4. The first kappa shape index (κ1) is 32.9. The van der Waals surface area contributed by atoms with Gasteiger partial charge in [-0.25, -0.2) is 24.3 Å². The minimum atomic E-state index is -0.903. The number of carbonyl (C=O) groups is 1. The lowest BCUT2D eigenvalue weighted by Crippen LogP contribution is -2.72. The fraction of sp³-hybridized carbons (Fsp3) is 0.917. The standard InChI is InChI=1S/C36H54O11/c1-8-17-38-32(37)40-28(29-22(5)26-12-10-20(3)24-14-16-34(7)43-31(41-29)36(24,26)47-45-34)18-27-21(4)25-11-9-19(2)23-13-15-33(6)42-30(39-27)35(23,25)46-44-33/h8,19-31H,1,9-18H2,2-7H3/t19-,20-,21-,22-,23+,24+,25+,26+,27-,28+,29+,30-,31-,33?,34?,35-,36-/m1/s1. The molecule has 2 unspecified atom stereocenters. The topological polar surface area (TPSA) is 109 Å². The van der Waals surface area contributed by atoms with Crippen molar-refractivity contribution < 1.29 is 52.8 Å². The molecule has 10 rings (SSSR count). The van der Waals surface area contributed by atoms with Crippen LogP contribution in [0, 0.1) is 47.3 Å². The summed E-state index contributed by atoms with van der Waals surface area (Å²) in [4.78, 5) is 38.0. The molecular weight excluding hydrogens is 608 g/mol. The Kier molecular flexibility index (Phi) is 8.12. The molecule has 0 N–H and O–H groups in total. The zero-order valence-corrected chi connectivity index (χ0v) is 28.9. The first-order valence-electron chi connectivity index (χ1n) is 18.3. The molecule has 11 heteroatoms. The van der Waals surface area contributed by atoms with Gasteiger partial charge in [0.15, 0.2) is 23.8 Å². The molecule has 8 aliphatic heterocycles. The van der Waals surface area contributed by atoms with Gasteiger partial charge in [0.05, 0.1) is 6.10 Å². The molecule has 0 amide bonds. The van der Waals surface area contributed by atoms with Crippen molar-refractivity contribution >= 4 is 6.16 Å². The molecule has 8 saturated heterocycles. The number of ether oxygens (including phenoxy) is 6. The second-order valence-electron chi connectivity index (χ2n) is 16.6. The summed E-state index contributed by atoms with van der Waals surface area (Å²) in [5.41, 5.74) is -1.38. The van der Waals surface area contributed by atoms with Crippen LogP contribution in [0.15, 0.2) is 12.7 Å². The van der Waals surface area contributed by atoms with Crippen molar-refractivity contribution in [1.82, 2.24) is 0 Å². The molecule has 11 nitrogen and oxygen atoms in total. The van der Waals surface area contributed by atoms with Crippen molar-refractivity contribution in [1.29, 1.82) is 0 Å². The van der Waals surface area contributed by atoms with Gasteiger partial charge in [-0.15, -0.1) is 0 Å². The van der Waals surface area contributed by atoms with Crippen molar-refractivity contribution in [3.8, 4) is 0 Å². The Balaban J connectivity index is 1.11. The van der Waals surface area contributed by atoms with Crippen LogP contribution >= 0.6 is 0 Å². The van der Waals surface area contributed by atoms with Crippen LogP contribution in [0.1, 0.15) is 99.3 Å². The van der Waals surface area contributed by atoms with Crippen LogP contribution in [0.3, 0.4) is 0 Å². The van der Waals surface area contributed by atoms with E-state index in [-0.39, 0.29) is 48.2 Å². The van der Waals surface area contributed by atoms with E-state index in [0.29, 0.717) is 18.3 Å². The number of hydrogen-bond donors (Lipinski definition) is 0. The molecule has 0 radical (unpaired) electrons. The summed E-state index contributed by atoms with van der Waals surface area (Å²) in [5, 5.41) is 0. The predicted octanol–water partition coefficient (Wildman–Crippen LogP) is 6.59. The first-order valence-corrected chi connectivity index (χ1v) is 18.3. The van der Waals surface area contributed by atoms with Crippen molar-refractivity contribution in [3.05, 3.63) is 12.7 Å². The average Bonchev–Trinajstić information content (AvgIpc) is 3.41. The zero-order valence-electron chi connectivity index (χ0n) is 28.9. The summed E-state index contributed by atoms with van der Waals surface area (Å²) in [6.45, 7) is 16.6. The molecule has 4 bridgehead atoms. The molecular formula is C36H54O11. The number of hydrogen-bond acceptors (Lipinski definition) is 11. The zero-order chi connectivity index (χ0) is 32.9. The Morgan fingerprint density at radius 1 is 0.766 bits per heavy atom. The van der Waals surface area contributed by atoms with E-state index in [4.69, 9.17) is 48.0 Å². The Morgan fingerprint density at radius 3 is 1.89 bits per heavy atom. The Hall–Kier alpha value is -1.31. The molecule has 0 aromatic heterocycles. The van der Waals surface area contributed by atoms with Gasteiger partial charge in [-0.3, -0.25) is 0 Å². The summed E-state index contributed by atoms with van der Waals surface area (Å²) in [7, 11) is 0. The minimum Gasteiger partial charge on any atom is -0.430 e. The SMILES string of the molecule is C=CCOC(=O)O[C@@H](C[C@H]1O[C@@H]2OC3(C)CC[C@H]4[C@H](C)CC[C@@H]([C@H]1C)[C@@]24OO3)[C@H]1O[C@@H]2OC3(C)CC[C@H]4[C@H](C)CC[C@@H]([C@H]1C)[C@@]24OO3. The minimum absolute atomic E-state index is 0.0287. The smallest absolute Gasteiger partial charge is 0.430 e. The molecule has 2 aliphatic carbocycles. The van der Waals surface area contributed by atoms with E-state index in [0.717, 1.165) is 51.4 Å². The number of fused-ring (bicyclic) bond motifs is 4. The molecule has 10 fully saturated rings. The lowest BCUT2D eigenvalue weighted by atomic mass is 9.56. The highest BCUT2D eigenvalue weighted by molar-refractivity contribution is 5.60. The van der Waals surface area contributed by atoms with Gasteiger partial charge in [-0.1, -0.05) is 40.3 Å². The molecule has 10 aliphatic rings. The van der Waals surface area contributed by atoms with Gasteiger partial charge in [0.1, 0.15) is 18.8 Å². The molecule has 17 atom stereocenters. The molecule has 8 heterocycles. The van der Waals surface area contributed by atoms with Gasteiger partial charge in [-0.05, 0) is 87.9 Å². The van der Waals surface area contributed by atoms with Crippen LogP contribution in [-0.2, 0) is 48.0 Å². The monoisotopic (exact) mass is 662 g/mol. The summed E-state index contributed by atoms with van der Waals surface area (Å²) in [6.07, 6.45) is 6.01. The van der Waals surface area contributed by atoms with Crippen molar-refractivity contribution in [3.63, 3.8) is 0 Å². The van der Waals surface area contributed by atoms with Crippen LogP contribution in [0.2, 0.25) is 0 Å². The summed E-state index contributed by atoms with van der Waals surface area (Å²) in [6, 6.07) is 0. The highest BCUT2D eigenvalue weighted by Crippen LogP contribution is 2.63. The van der Waals surface area contributed by atoms with Crippen molar-refractivity contribution in [2.45, 2.75) is 153 Å². The predicted molar refractivity (Wildman–Crippen MR) is 165 cm³/mol. The van der Waals surface area contributed by atoms with Gasteiger partial charge in [0, 0.05) is 31.1 Å². The van der Waals surface area contributed by atoms with Gasteiger partial charge in [-0.2, -0.15) is 0 Å².